The molecule has 1 aromatic rings. The Labute approximate surface area is 119 Å². The van der Waals surface area contributed by atoms with Gasteiger partial charge in [0.25, 0.3) is 11.8 Å². The Kier molecular flexibility index (Phi) is 3.89. The summed E-state index contributed by atoms with van der Waals surface area (Å²) in [5.74, 6) is -0.430. The molecular formula is C11H9ClN2O2S2. The van der Waals surface area contributed by atoms with E-state index in [1.54, 1.807) is 18.2 Å². The van der Waals surface area contributed by atoms with Gasteiger partial charge >= 0.3 is 0 Å². The molecule has 0 bridgehead atoms. The monoisotopic (exact) mass is 300 g/mol. The molecule has 0 unspecified atom stereocenters. The van der Waals surface area contributed by atoms with Crippen molar-refractivity contribution in [3.8, 4) is 0 Å². The van der Waals surface area contributed by atoms with Gasteiger partial charge < -0.3 is 0 Å². The number of thioether (sulfide) groups is 1. The van der Waals surface area contributed by atoms with Crippen LogP contribution in [0.1, 0.15) is 15.9 Å². The number of rotatable bonds is 2. The predicted molar refractivity (Wildman–Crippen MR) is 75.6 cm³/mol. The minimum atomic E-state index is -0.446. The van der Waals surface area contributed by atoms with E-state index < -0.39 is 5.91 Å². The van der Waals surface area contributed by atoms with Crippen molar-refractivity contribution in [3.05, 3.63) is 34.3 Å². The van der Waals surface area contributed by atoms with E-state index in [9.17, 15) is 9.59 Å². The van der Waals surface area contributed by atoms with Crippen molar-refractivity contribution < 1.29 is 9.59 Å². The molecule has 1 saturated heterocycles. The van der Waals surface area contributed by atoms with Crippen molar-refractivity contribution in [3.63, 3.8) is 0 Å². The summed E-state index contributed by atoms with van der Waals surface area (Å²) in [6.45, 7) is 1.88. The highest BCUT2D eigenvalue weighted by atomic mass is 35.5. The smallest absolute Gasteiger partial charge is 0.271 e. The first kappa shape index (κ1) is 13.3. The second-order valence-electron chi connectivity index (χ2n) is 3.71. The highest BCUT2D eigenvalue weighted by molar-refractivity contribution is 8.23. The molecule has 94 valence electrons. The van der Waals surface area contributed by atoms with Crippen LogP contribution in [-0.4, -0.2) is 26.9 Å². The molecular weight excluding hydrogens is 292 g/mol. The minimum absolute atomic E-state index is 0.235. The van der Waals surface area contributed by atoms with Crippen LogP contribution in [0.2, 0.25) is 5.02 Å². The second-order valence-corrected chi connectivity index (χ2v) is 5.72. The third kappa shape index (κ3) is 2.66. The molecule has 4 nitrogen and oxygen atoms in total. The van der Waals surface area contributed by atoms with E-state index in [4.69, 9.17) is 23.8 Å². The summed E-state index contributed by atoms with van der Waals surface area (Å²) in [7, 11) is 0. The fourth-order valence-electron chi connectivity index (χ4n) is 1.43. The SMILES string of the molecule is Cc1ccc(C(=O)NN2C(=O)CSC2=S)c(Cl)c1. The zero-order valence-corrected chi connectivity index (χ0v) is 11.8. The van der Waals surface area contributed by atoms with Gasteiger partial charge in [0.05, 0.1) is 16.3 Å². The summed E-state index contributed by atoms with van der Waals surface area (Å²) in [4.78, 5) is 23.4. The van der Waals surface area contributed by atoms with E-state index in [0.29, 0.717) is 14.9 Å². The summed E-state index contributed by atoms with van der Waals surface area (Å²) < 4.78 is 0.344. The van der Waals surface area contributed by atoms with Gasteiger partial charge in [-0.1, -0.05) is 41.6 Å². The molecule has 0 aliphatic carbocycles. The molecule has 1 aliphatic heterocycles. The van der Waals surface area contributed by atoms with Crippen molar-refractivity contribution in [1.29, 1.82) is 0 Å². The van der Waals surface area contributed by atoms with E-state index in [-0.39, 0.29) is 11.7 Å². The highest BCUT2D eigenvalue weighted by Crippen LogP contribution is 2.20. The van der Waals surface area contributed by atoms with Crippen LogP contribution in [-0.2, 0) is 4.79 Å². The number of nitrogens with zero attached hydrogens (tertiary/aromatic N) is 1. The quantitative estimate of drug-likeness (QED) is 0.850. The number of carbonyl (C=O) groups is 2. The van der Waals surface area contributed by atoms with Crippen LogP contribution in [0.5, 0.6) is 0 Å². The van der Waals surface area contributed by atoms with Gasteiger partial charge in [-0.3, -0.25) is 15.0 Å². The van der Waals surface area contributed by atoms with E-state index in [0.717, 1.165) is 10.6 Å². The third-order valence-electron chi connectivity index (χ3n) is 2.33. The van der Waals surface area contributed by atoms with Crippen molar-refractivity contribution in [1.82, 2.24) is 10.4 Å². The van der Waals surface area contributed by atoms with Gasteiger partial charge in [0, 0.05) is 0 Å². The van der Waals surface area contributed by atoms with Crippen LogP contribution in [0.4, 0.5) is 0 Å². The molecule has 2 amide bonds. The van der Waals surface area contributed by atoms with Crippen LogP contribution < -0.4 is 5.43 Å². The maximum Gasteiger partial charge on any atom is 0.271 e. The zero-order chi connectivity index (χ0) is 13.3. The molecule has 1 N–H and O–H groups in total. The fraction of sp³-hybridized carbons (Fsp3) is 0.182. The van der Waals surface area contributed by atoms with Gasteiger partial charge in [0.15, 0.2) is 4.32 Å². The average molecular weight is 301 g/mol. The van der Waals surface area contributed by atoms with Crippen molar-refractivity contribution >= 4 is 51.7 Å². The Bertz CT molecular complexity index is 532. The molecule has 2 rings (SSSR count). The molecule has 18 heavy (non-hydrogen) atoms. The molecule has 0 aromatic heterocycles. The number of halogens is 1. The average Bonchev–Trinajstić information content (AvgIpc) is 2.60. The summed E-state index contributed by atoms with van der Waals surface area (Å²) >= 11 is 12.2. The van der Waals surface area contributed by atoms with E-state index in [1.807, 2.05) is 6.92 Å². The molecule has 7 heteroatoms. The Morgan fingerprint density at radius 1 is 1.56 bits per heavy atom. The van der Waals surface area contributed by atoms with Crippen molar-refractivity contribution in [2.45, 2.75) is 6.92 Å². The highest BCUT2D eigenvalue weighted by Gasteiger charge is 2.28. The standard InChI is InChI=1S/C11H9ClN2O2S2/c1-6-2-3-7(8(12)4-6)10(16)13-14-9(15)5-18-11(14)17/h2-4H,5H2,1H3,(H,13,16). The number of benzene rings is 1. The molecule has 0 saturated carbocycles. The van der Waals surface area contributed by atoms with Crippen molar-refractivity contribution in [2.75, 3.05) is 5.75 Å². The molecule has 0 atom stereocenters. The topological polar surface area (TPSA) is 49.4 Å². The lowest BCUT2D eigenvalue weighted by Crippen LogP contribution is -2.45. The lowest BCUT2D eigenvalue weighted by Gasteiger charge is -2.16. The molecule has 0 radical (unpaired) electrons. The lowest BCUT2D eigenvalue weighted by molar-refractivity contribution is -0.125. The van der Waals surface area contributed by atoms with Crippen LogP contribution in [0.15, 0.2) is 18.2 Å². The van der Waals surface area contributed by atoms with Gasteiger partial charge in [-0.2, -0.15) is 0 Å². The first-order valence-electron chi connectivity index (χ1n) is 5.06. The Balaban J connectivity index is 2.17. The van der Waals surface area contributed by atoms with Gasteiger partial charge in [-0.25, -0.2) is 5.01 Å². The molecule has 1 aliphatic rings. The van der Waals surface area contributed by atoms with E-state index in [1.165, 1.54) is 11.8 Å². The fourth-order valence-corrected chi connectivity index (χ4v) is 2.73. The van der Waals surface area contributed by atoms with Crippen LogP contribution in [0, 0.1) is 6.92 Å². The molecule has 1 heterocycles. The predicted octanol–water partition coefficient (Wildman–Crippen LogP) is 2.15. The number of hydrazine groups is 1. The molecule has 1 aromatic carbocycles. The number of hydrogen-bond donors (Lipinski definition) is 1. The number of aryl methyl sites for hydroxylation is 1. The van der Waals surface area contributed by atoms with Gasteiger partial charge in [0.2, 0.25) is 0 Å². The van der Waals surface area contributed by atoms with E-state index >= 15 is 0 Å². The van der Waals surface area contributed by atoms with E-state index in [2.05, 4.69) is 5.43 Å². The van der Waals surface area contributed by atoms with Gasteiger partial charge in [-0.05, 0) is 24.6 Å². The normalized spacial score (nSPS) is 15.1. The second kappa shape index (κ2) is 5.26. The third-order valence-corrected chi connectivity index (χ3v) is 4.00. The first-order chi connectivity index (χ1) is 8.49. The van der Waals surface area contributed by atoms with Crippen LogP contribution in [0.25, 0.3) is 0 Å². The van der Waals surface area contributed by atoms with Crippen LogP contribution in [0.3, 0.4) is 0 Å². The number of amides is 2. The minimum Gasteiger partial charge on any atom is -0.272 e. The summed E-state index contributed by atoms with van der Waals surface area (Å²) in [5.41, 5.74) is 3.73. The summed E-state index contributed by atoms with van der Waals surface area (Å²) in [6, 6.07) is 5.08. The first-order valence-corrected chi connectivity index (χ1v) is 6.83. The number of hydrogen-bond acceptors (Lipinski definition) is 4. The number of thiocarbonyl (C=S) groups is 1. The lowest BCUT2D eigenvalue weighted by atomic mass is 10.1. The Hall–Kier alpha value is -1.11. The maximum absolute atomic E-state index is 12.0. The Morgan fingerprint density at radius 2 is 2.28 bits per heavy atom. The maximum atomic E-state index is 12.0. The van der Waals surface area contributed by atoms with Gasteiger partial charge in [-0.15, -0.1) is 0 Å². The number of carbonyl (C=O) groups excluding carboxylic acids is 2. The molecule has 0 spiro atoms. The number of nitrogens with one attached hydrogen (secondary N) is 1. The van der Waals surface area contributed by atoms with Crippen molar-refractivity contribution in [2.24, 2.45) is 0 Å². The summed E-state index contributed by atoms with van der Waals surface area (Å²) in [6.07, 6.45) is 0. The largest absolute Gasteiger partial charge is 0.272 e. The molecule has 1 fully saturated rings. The van der Waals surface area contributed by atoms with Crippen LogP contribution >= 0.6 is 35.6 Å². The Morgan fingerprint density at radius 3 is 2.83 bits per heavy atom. The van der Waals surface area contributed by atoms with Gasteiger partial charge in [0.1, 0.15) is 0 Å². The zero-order valence-electron chi connectivity index (χ0n) is 9.40. The summed E-state index contributed by atoms with van der Waals surface area (Å²) in [5, 5.41) is 1.43.